The van der Waals surface area contributed by atoms with Gasteiger partial charge in [0.1, 0.15) is 23.6 Å². The molecule has 5 aliphatic rings. The number of halogens is 5. The molecule has 0 spiro atoms. The molecule has 8 nitrogen and oxygen atoms in total. The number of aromatic nitrogens is 3. The molecule has 0 amide bonds. The predicted octanol–water partition coefficient (Wildman–Crippen LogP) is 5.68. The lowest BCUT2D eigenvalue weighted by atomic mass is 9.94. The second kappa shape index (κ2) is 10.1. The molecule has 2 aromatic carbocycles. The van der Waals surface area contributed by atoms with Crippen molar-refractivity contribution in [3.8, 4) is 29.6 Å². The summed E-state index contributed by atoms with van der Waals surface area (Å²) in [5, 5.41) is 3.03. The molecular formula is C35H32F5N7O. The molecule has 0 aliphatic carbocycles. The van der Waals surface area contributed by atoms with Crippen molar-refractivity contribution < 1.29 is 26.7 Å². The fourth-order valence-electron chi connectivity index (χ4n) is 9.08. The van der Waals surface area contributed by atoms with Gasteiger partial charge in [-0.1, -0.05) is 5.92 Å². The van der Waals surface area contributed by atoms with E-state index >= 15 is 17.6 Å². The first-order valence-corrected chi connectivity index (χ1v) is 16.4. The third-order valence-electron chi connectivity index (χ3n) is 11.2. The largest absolute Gasteiger partial charge is 0.461 e. The lowest BCUT2D eigenvalue weighted by molar-refractivity contribution is 0.0101. The minimum Gasteiger partial charge on any atom is -0.461 e. The molecule has 9 rings (SSSR count). The maximum Gasteiger partial charge on any atom is 0.319 e. The van der Waals surface area contributed by atoms with Gasteiger partial charge in [0.2, 0.25) is 0 Å². The Morgan fingerprint density at radius 1 is 1.00 bits per heavy atom. The van der Waals surface area contributed by atoms with E-state index in [1.54, 1.807) is 4.90 Å². The second-order valence-electron chi connectivity index (χ2n) is 14.0. The van der Waals surface area contributed by atoms with Crippen molar-refractivity contribution in [1.82, 2.24) is 25.2 Å². The number of pyridine rings is 1. The summed E-state index contributed by atoms with van der Waals surface area (Å²) in [6.45, 7) is 2.02. The summed E-state index contributed by atoms with van der Waals surface area (Å²) >= 11 is 0. The average Bonchev–Trinajstić information content (AvgIpc) is 3.68. The number of ether oxygens (including phenoxy) is 1. The number of anilines is 2. The molecule has 4 aromatic rings. The molecule has 0 saturated carbocycles. The van der Waals surface area contributed by atoms with Crippen LogP contribution in [0.1, 0.15) is 56.2 Å². The van der Waals surface area contributed by atoms with Crippen LogP contribution in [0.25, 0.3) is 32.9 Å². The monoisotopic (exact) mass is 661 g/mol. The summed E-state index contributed by atoms with van der Waals surface area (Å²) in [7, 11) is 0. The lowest BCUT2D eigenvalue weighted by Crippen LogP contribution is -2.67. The van der Waals surface area contributed by atoms with Gasteiger partial charge < -0.3 is 15.4 Å². The van der Waals surface area contributed by atoms with E-state index in [1.807, 2.05) is 0 Å². The van der Waals surface area contributed by atoms with Crippen molar-refractivity contribution in [2.24, 2.45) is 0 Å². The van der Waals surface area contributed by atoms with Crippen molar-refractivity contribution in [2.45, 2.75) is 74.5 Å². The van der Waals surface area contributed by atoms with Gasteiger partial charge in [-0.25, -0.2) is 32.3 Å². The topological polar surface area (TPSA) is 92.4 Å². The van der Waals surface area contributed by atoms with Gasteiger partial charge in [0.25, 0.3) is 0 Å². The lowest BCUT2D eigenvalue weighted by Gasteiger charge is -2.46. The van der Waals surface area contributed by atoms with Gasteiger partial charge in [0, 0.05) is 29.5 Å². The Hall–Kier alpha value is -4.28. The highest BCUT2D eigenvalue weighted by molar-refractivity contribution is 6.04. The Kier molecular flexibility index (Phi) is 6.29. The quantitative estimate of drug-likeness (QED) is 0.125. The van der Waals surface area contributed by atoms with E-state index in [0.717, 1.165) is 44.8 Å². The number of piperazine rings is 1. The van der Waals surface area contributed by atoms with E-state index in [4.69, 9.17) is 26.9 Å². The average molecular weight is 662 g/mol. The number of benzene rings is 2. The normalized spacial score (nSPS) is 27.2. The number of aryl methyl sites for hydroxylation is 1. The fourth-order valence-corrected chi connectivity index (χ4v) is 9.08. The van der Waals surface area contributed by atoms with Crippen LogP contribution in [0, 0.1) is 29.8 Å². The van der Waals surface area contributed by atoms with Gasteiger partial charge >= 0.3 is 6.01 Å². The molecular weight excluding hydrogens is 629 g/mol. The summed E-state index contributed by atoms with van der Waals surface area (Å²) < 4.78 is 85.3. The zero-order valence-electron chi connectivity index (χ0n) is 26.0. The second-order valence-corrected chi connectivity index (χ2v) is 14.0. The predicted molar refractivity (Wildman–Crippen MR) is 170 cm³/mol. The molecule has 48 heavy (non-hydrogen) atoms. The summed E-state index contributed by atoms with van der Waals surface area (Å²) in [5.74, 6) is -5.01. The van der Waals surface area contributed by atoms with Gasteiger partial charge in [0.15, 0.2) is 29.0 Å². The Bertz CT molecular complexity index is 2090. The van der Waals surface area contributed by atoms with Crippen LogP contribution >= 0.6 is 0 Å². The summed E-state index contributed by atoms with van der Waals surface area (Å²) in [6.07, 6.45) is 9.97. The number of nitrogen functional groups attached to an aromatic ring is 1. The maximum absolute atomic E-state index is 17.1. The van der Waals surface area contributed by atoms with Crippen molar-refractivity contribution >= 4 is 33.2 Å². The summed E-state index contributed by atoms with van der Waals surface area (Å²) in [6, 6.07) is 2.84. The number of alkyl halides is 2. The van der Waals surface area contributed by atoms with Gasteiger partial charge in [-0.3, -0.25) is 4.90 Å². The number of nitrogens with one attached hydrogen (secondary N) is 1. The highest BCUT2D eigenvalue weighted by Gasteiger charge is 2.60. The molecule has 7 heterocycles. The fraction of sp³-hybridized carbons (Fsp3) is 0.457. The molecule has 0 radical (unpaired) electrons. The maximum atomic E-state index is 17.1. The first-order valence-electron chi connectivity index (χ1n) is 16.4. The molecule has 248 valence electrons. The minimum atomic E-state index is -2.05. The van der Waals surface area contributed by atoms with Crippen LogP contribution in [0.5, 0.6) is 6.01 Å². The number of hydrogen-bond donors (Lipinski definition) is 2. The van der Waals surface area contributed by atoms with Gasteiger partial charge in [-0.15, -0.1) is 6.42 Å². The first-order chi connectivity index (χ1) is 23.0. The Morgan fingerprint density at radius 3 is 2.56 bits per heavy atom. The number of fused-ring (bicyclic) bond motifs is 7. The molecule has 4 saturated heterocycles. The van der Waals surface area contributed by atoms with E-state index in [9.17, 15) is 4.39 Å². The van der Waals surface area contributed by atoms with Crippen LogP contribution in [-0.4, -0.2) is 69.3 Å². The van der Waals surface area contributed by atoms with Crippen LogP contribution in [0.3, 0.4) is 0 Å². The molecule has 2 aromatic heterocycles. The van der Waals surface area contributed by atoms with Crippen molar-refractivity contribution in [2.75, 3.05) is 36.9 Å². The number of nitrogens with zero attached hydrogens (tertiary/aromatic N) is 5. The highest BCUT2D eigenvalue weighted by atomic mass is 19.2. The zero-order chi connectivity index (χ0) is 33.2. The highest BCUT2D eigenvalue weighted by Crippen LogP contribution is 2.49. The molecule has 3 N–H and O–H groups in total. The number of rotatable bonds is 4. The van der Waals surface area contributed by atoms with Crippen LogP contribution < -0.4 is 20.7 Å². The smallest absolute Gasteiger partial charge is 0.319 e. The minimum absolute atomic E-state index is 0.0119. The number of terminal acetylenes is 1. The van der Waals surface area contributed by atoms with Crippen LogP contribution in [0.15, 0.2) is 18.2 Å². The summed E-state index contributed by atoms with van der Waals surface area (Å²) in [4.78, 5) is 18.0. The first kappa shape index (κ1) is 29.8. The molecule has 13 heteroatoms. The Balaban J connectivity index is 1.27. The Morgan fingerprint density at radius 2 is 1.79 bits per heavy atom. The van der Waals surface area contributed by atoms with E-state index in [-0.39, 0.29) is 94.8 Å². The van der Waals surface area contributed by atoms with Crippen LogP contribution in [0.4, 0.5) is 33.5 Å². The van der Waals surface area contributed by atoms with Crippen molar-refractivity contribution in [3.63, 3.8) is 0 Å². The Labute approximate surface area is 272 Å². The van der Waals surface area contributed by atoms with Crippen LogP contribution in [0.2, 0.25) is 0 Å². The molecule has 0 unspecified atom stereocenters. The van der Waals surface area contributed by atoms with E-state index in [0.29, 0.717) is 5.69 Å². The van der Waals surface area contributed by atoms with Gasteiger partial charge in [-0.05, 0) is 75.2 Å². The number of hydrogen-bond acceptors (Lipinski definition) is 8. The molecule has 4 fully saturated rings. The van der Waals surface area contributed by atoms with Crippen LogP contribution in [-0.2, 0) is 6.42 Å². The number of nitrogens with two attached hydrogens (primary N) is 1. The molecule has 3 atom stereocenters. The van der Waals surface area contributed by atoms with Gasteiger partial charge in [-0.2, -0.15) is 9.97 Å². The van der Waals surface area contributed by atoms with Crippen molar-refractivity contribution in [3.05, 3.63) is 46.9 Å². The van der Waals surface area contributed by atoms with E-state index in [1.165, 1.54) is 12.1 Å². The molecule has 2 bridgehead atoms. The third-order valence-corrected chi connectivity index (χ3v) is 11.2. The SMILES string of the molecule is C#Cc1c(F)c(F)cc2cc(N)cc(-c3nc4c5c(nc(OCC67CCCN6CCC7)nc5c3F)N3C[C@@]5(F)CC[C@](F)(N5)[C@@H]3CC4)c12. The molecule has 5 aliphatic heterocycles. The summed E-state index contributed by atoms with van der Waals surface area (Å²) in [5.41, 5.74) is 5.76. The van der Waals surface area contributed by atoms with E-state index < -0.39 is 40.6 Å². The standard InChI is InChI=1S/C35H32F5N7O/c1-2-20-25-18(14-22(36)27(20)37)13-19(41)15-21(25)29-28(38)30-26-23(42-29)5-6-24-35(40)10-9-34(39,45-35)16-47(24)31(26)44-32(43-30)48-17-33-7-3-11-46(33)12-4-8-33/h1,13-15,24,45H,3-12,16-17,41H2/t24-,34+,35-/m0/s1. The third kappa shape index (κ3) is 4.18. The van der Waals surface area contributed by atoms with Crippen molar-refractivity contribution in [1.29, 1.82) is 0 Å². The zero-order valence-corrected chi connectivity index (χ0v) is 26.0. The van der Waals surface area contributed by atoms with E-state index in [2.05, 4.69) is 21.1 Å². The van der Waals surface area contributed by atoms with Gasteiger partial charge in [0.05, 0.1) is 34.8 Å².